The summed E-state index contributed by atoms with van der Waals surface area (Å²) in [5.74, 6) is 0.514. The van der Waals surface area contributed by atoms with Crippen LogP contribution >= 0.6 is 0 Å². The van der Waals surface area contributed by atoms with Gasteiger partial charge in [-0.25, -0.2) is 9.97 Å². The van der Waals surface area contributed by atoms with Crippen molar-refractivity contribution in [2.75, 3.05) is 5.73 Å². The summed E-state index contributed by atoms with van der Waals surface area (Å²) in [7, 11) is 0. The predicted molar refractivity (Wildman–Crippen MR) is 48.7 cm³/mol. The lowest BCUT2D eigenvalue weighted by Gasteiger charge is -1.97. The topological polar surface area (TPSA) is 51.8 Å². The molecule has 12 heavy (non-hydrogen) atoms. The number of hydrogen-bond donors (Lipinski definition) is 1. The first-order valence-electron chi connectivity index (χ1n) is 3.75. The van der Waals surface area contributed by atoms with Gasteiger partial charge in [0.15, 0.2) is 5.65 Å². The summed E-state index contributed by atoms with van der Waals surface area (Å²) in [5, 5.41) is 1.02. The minimum atomic E-state index is 0.514. The molecule has 0 saturated carbocycles. The van der Waals surface area contributed by atoms with Gasteiger partial charge >= 0.3 is 0 Å². The quantitative estimate of drug-likeness (QED) is 0.634. The number of nitrogens with two attached hydrogens (primary N) is 1. The molecule has 0 aliphatic rings. The van der Waals surface area contributed by atoms with E-state index in [0.29, 0.717) is 5.82 Å². The van der Waals surface area contributed by atoms with E-state index < -0.39 is 0 Å². The fourth-order valence-electron chi connectivity index (χ4n) is 1.11. The highest BCUT2D eigenvalue weighted by Gasteiger charge is 1.95. The third kappa shape index (κ3) is 1.09. The Bertz CT molecular complexity index is 386. The molecule has 3 heteroatoms. The van der Waals surface area contributed by atoms with Crippen LogP contribution in [0.2, 0.25) is 0 Å². The molecular formula is C9H9N3. The molecule has 2 aromatic heterocycles. The number of anilines is 1. The van der Waals surface area contributed by atoms with Crippen LogP contribution < -0.4 is 5.73 Å². The minimum absolute atomic E-state index is 0.514. The molecule has 0 radical (unpaired) electrons. The van der Waals surface area contributed by atoms with E-state index in [4.69, 9.17) is 5.73 Å². The molecule has 0 atom stereocenters. The van der Waals surface area contributed by atoms with Crippen molar-refractivity contribution in [3.8, 4) is 0 Å². The standard InChI is InChI=1S/C9H9N3/c1-6-2-3-7-4-5-8(10)12-9(7)11-6/h2-5H,1H3,(H2,10,11,12). The lowest BCUT2D eigenvalue weighted by molar-refractivity contribution is 1.21. The summed E-state index contributed by atoms with van der Waals surface area (Å²) in [6, 6.07) is 7.65. The second-order valence-corrected chi connectivity index (χ2v) is 2.74. The van der Waals surface area contributed by atoms with E-state index in [1.165, 1.54) is 0 Å². The van der Waals surface area contributed by atoms with Crippen molar-refractivity contribution in [1.82, 2.24) is 9.97 Å². The predicted octanol–water partition coefficient (Wildman–Crippen LogP) is 1.52. The largest absolute Gasteiger partial charge is 0.384 e. The van der Waals surface area contributed by atoms with Gasteiger partial charge in [0.05, 0.1) is 0 Å². The van der Waals surface area contributed by atoms with Crippen LogP contribution in [0.4, 0.5) is 5.82 Å². The number of fused-ring (bicyclic) bond motifs is 1. The second kappa shape index (κ2) is 2.44. The fourth-order valence-corrected chi connectivity index (χ4v) is 1.11. The number of pyridine rings is 2. The highest BCUT2D eigenvalue weighted by atomic mass is 14.9. The summed E-state index contributed by atoms with van der Waals surface area (Å²) in [6.07, 6.45) is 0. The Kier molecular flexibility index (Phi) is 1.43. The van der Waals surface area contributed by atoms with Gasteiger partial charge in [0.1, 0.15) is 5.82 Å². The van der Waals surface area contributed by atoms with E-state index in [9.17, 15) is 0 Å². The molecule has 2 aromatic rings. The zero-order valence-electron chi connectivity index (χ0n) is 6.78. The summed E-state index contributed by atoms with van der Waals surface area (Å²) < 4.78 is 0. The smallest absolute Gasteiger partial charge is 0.161 e. The summed E-state index contributed by atoms with van der Waals surface area (Å²) in [4.78, 5) is 8.35. The van der Waals surface area contributed by atoms with Crippen LogP contribution in [-0.4, -0.2) is 9.97 Å². The molecule has 60 valence electrons. The van der Waals surface area contributed by atoms with Crippen molar-refractivity contribution in [2.45, 2.75) is 6.92 Å². The molecule has 2 N–H and O–H groups in total. The Morgan fingerprint density at radius 1 is 1.08 bits per heavy atom. The van der Waals surface area contributed by atoms with E-state index in [0.717, 1.165) is 16.7 Å². The van der Waals surface area contributed by atoms with Gasteiger partial charge in [-0.05, 0) is 31.2 Å². The van der Waals surface area contributed by atoms with Crippen LogP contribution in [0.3, 0.4) is 0 Å². The Morgan fingerprint density at radius 2 is 1.83 bits per heavy atom. The van der Waals surface area contributed by atoms with E-state index >= 15 is 0 Å². The Balaban J connectivity index is 2.80. The molecule has 0 unspecified atom stereocenters. The van der Waals surface area contributed by atoms with Gasteiger partial charge in [-0.2, -0.15) is 0 Å². The van der Waals surface area contributed by atoms with Crippen molar-refractivity contribution in [2.24, 2.45) is 0 Å². The van der Waals surface area contributed by atoms with Crippen molar-refractivity contribution in [3.05, 3.63) is 30.0 Å². The molecule has 0 amide bonds. The first kappa shape index (κ1) is 7.03. The first-order chi connectivity index (χ1) is 5.75. The molecule has 0 aromatic carbocycles. The van der Waals surface area contributed by atoms with Crippen LogP contribution in [-0.2, 0) is 0 Å². The first-order valence-corrected chi connectivity index (χ1v) is 3.75. The zero-order valence-corrected chi connectivity index (χ0v) is 6.78. The van der Waals surface area contributed by atoms with Crippen LogP contribution in [0.15, 0.2) is 24.3 Å². The summed E-state index contributed by atoms with van der Waals surface area (Å²) in [5.41, 5.74) is 7.20. The molecule has 0 fully saturated rings. The van der Waals surface area contributed by atoms with E-state index in [2.05, 4.69) is 9.97 Å². The average Bonchev–Trinajstić information content (AvgIpc) is 2.03. The van der Waals surface area contributed by atoms with Crippen molar-refractivity contribution in [3.63, 3.8) is 0 Å². The van der Waals surface area contributed by atoms with Crippen molar-refractivity contribution < 1.29 is 0 Å². The third-order valence-electron chi connectivity index (χ3n) is 1.71. The normalized spacial score (nSPS) is 10.4. The van der Waals surface area contributed by atoms with Crippen LogP contribution in [0.5, 0.6) is 0 Å². The van der Waals surface area contributed by atoms with Crippen molar-refractivity contribution in [1.29, 1.82) is 0 Å². The average molecular weight is 159 g/mol. The van der Waals surface area contributed by atoms with Crippen LogP contribution in [0.25, 0.3) is 11.0 Å². The Labute approximate surface area is 70.3 Å². The van der Waals surface area contributed by atoms with Crippen LogP contribution in [0, 0.1) is 6.92 Å². The number of rotatable bonds is 0. The maximum atomic E-state index is 5.52. The number of hydrogen-bond acceptors (Lipinski definition) is 3. The Morgan fingerprint density at radius 3 is 2.67 bits per heavy atom. The van der Waals surface area contributed by atoms with E-state index in [-0.39, 0.29) is 0 Å². The van der Waals surface area contributed by atoms with Gasteiger partial charge in [0, 0.05) is 11.1 Å². The molecular weight excluding hydrogens is 150 g/mol. The maximum Gasteiger partial charge on any atom is 0.161 e. The molecule has 3 nitrogen and oxygen atoms in total. The van der Waals surface area contributed by atoms with E-state index in [1.807, 2.05) is 25.1 Å². The monoisotopic (exact) mass is 159 g/mol. The molecule has 2 heterocycles. The number of aryl methyl sites for hydroxylation is 1. The molecule has 0 saturated heterocycles. The fraction of sp³-hybridized carbons (Fsp3) is 0.111. The SMILES string of the molecule is Cc1ccc2ccc(N)nc2n1. The zero-order chi connectivity index (χ0) is 8.55. The van der Waals surface area contributed by atoms with Gasteiger partial charge < -0.3 is 5.73 Å². The van der Waals surface area contributed by atoms with Gasteiger partial charge in [0.25, 0.3) is 0 Å². The lowest BCUT2D eigenvalue weighted by atomic mass is 10.2. The van der Waals surface area contributed by atoms with E-state index in [1.54, 1.807) is 6.07 Å². The van der Waals surface area contributed by atoms with Crippen molar-refractivity contribution >= 4 is 16.9 Å². The van der Waals surface area contributed by atoms with Gasteiger partial charge in [-0.15, -0.1) is 0 Å². The number of nitrogens with zero attached hydrogens (tertiary/aromatic N) is 2. The number of aromatic nitrogens is 2. The van der Waals surface area contributed by atoms with Gasteiger partial charge in [0.2, 0.25) is 0 Å². The Hall–Kier alpha value is -1.64. The molecule has 0 spiro atoms. The highest BCUT2D eigenvalue weighted by Crippen LogP contribution is 2.11. The summed E-state index contributed by atoms with van der Waals surface area (Å²) in [6.45, 7) is 1.93. The minimum Gasteiger partial charge on any atom is -0.384 e. The van der Waals surface area contributed by atoms with Gasteiger partial charge in [-0.3, -0.25) is 0 Å². The molecule has 0 bridgehead atoms. The maximum absolute atomic E-state index is 5.52. The van der Waals surface area contributed by atoms with Crippen LogP contribution in [0.1, 0.15) is 5.69 Å². The molecule has 0 aliphatic carbocycles. The highest BCUT2D eigenvalue weighted by molar-refractivity contribution is 5.76. The lowest BCUT2D eigenvalue weighted by Crippen LogP contribution is -1.92. The third-order valence-corrected chi connectivity index (χ3v) is 1.71. The second-order valence-electron chi connectivity index (χ2n) is 2.74. The number of nitrogen functional groups attached to an aromatic ring is 1. The summed E-state index contributed by atoms with van der Waals surface area (Å²) >= 11 is 0. The molecule has 0 aliphatic heterocycles. The van der Waals surface area contributed by atoms with Gasteiger partial charge in [-0.1, -0.05) is 0 Å². The molecule has 2 rings (SSSR count).